The summed E-state index contributed by atoms with van der Waals surface area (Å²) in [6, 6.07) is 14.3. The van der Waals surface area contributed by atoms with Gasteiger partial charge in [0.1, 0.15) is 5.75 Å². The summed E-state index contributed by atoms with van der Waals surface area (Å²) in [5, 5.41) is 4.27. The summed E-state index contributed by atoms with van der Waals surface area (Å²) in [7, 11) is 1.61. The Morgan fingerprint density at radius 2 is 1.94 bits per heavy atom. The standard InChI is InChI=1S/C24H26ClN3O3/c1-31-19-11-12-21-16(14-19)13-17(23(29)26-21)15-28(18-7-3-2-4-8-18)24(30)27-22-10-6-5-9-20(22)25/h5-6,9-14,18H,2-4,7-8,15H2,1H3,(H,26,29)(H,27,30). The SMILES string of the molecule is COc1ccc2[nH]c(=O)c(CN(C(=O)Nc3ccccc3Cl)C3CCCCC3)cc2c1. The van der Waals surface area contributed by atoms with Crippen LogP contribution in [0.1, 0.15) is 37.7 Å². The number of benzene rings is 2. The monoisotopic (exact) mass is 439 g/mol. The van der Waals surface area contributed by atoms with Gasteiger partial charge in [-0.15, -0.1) is 0 Å². The molecule has 0 bridgehead atoms. The van der Waals surface area contributed by atoms with E-state index in [1.807, 2.05) is 36.4 Å². The van der Waals surface area contributed by atoms with E-state index in [-0.39, 0.29) is 24.2 Å². The number of ether oxygens (including phenoxy) is 1. The number of hydrogen-bond acceptors (Lipinski definition) is 3. The first kappa shape index (κ1) is 21.2. The van der Waals surface area contributed by atoms with E-state index in [1.165, 1.54) is 6.42 Å². The zero-order valence-corrected chi connectivity index (χ0v) is 18.2. The second-order valence-electron chi connectivity index (χ2n) is 7.91. The summed E-state index contributed by atoms with van der Waals surface area (Å²) in [6.07, 6.45) is 5.18. The van der Waals surface area contributed by atoms with Crippen LogP contribution < -0.4 is 15.6 Å². The molecule has 1 aliphatic carbocycles. The van der Waals surface area contributed by atoms with Gasteiger partial charge in [-0.05, 0) is 49.2 Å². The maximum Gasteiger partial charge on any atom is 0.322 e. The summed E-state index contributed by atoms with van der Waals surface area (Å²) in [5.74, 6) is 0.714. The first-order chi connectivity index (χ1) is 15.0. The molecule has 2 N–H and O–H groups in total. The molecule has 0 saturated heterocycles. The number of pyridine rings is 1. The topological polar surface area (TPSA) is 74.4 Å². The number of methoxy groups -OCH3 is 1. The van der Waals surface area contributed by atoms with Crippen molar-refractivity contribution in [1.82, 2.24) is 9.88 Å². The van der Waals surface area contributed by atoms with Gasteiger partial charge in [-0.1, -0.05) is 43.0 Å². The lowest BCUT2D eigenvalue weighted by molar-refractivity contribution is 0.162. The number of rotatable bonds is 5. The predicted octanol–water partition coefficient (Wildman–Crippen LogP) is 5.56. The number of carbonyl (C=O) groups is 1. The molecular formula is C24H26ClN3O3. The molecule has 3 aromatic rings. The van der Waals surface area contributed by atoms with Crippen LogP contribution in [0.25, 0.3) is 10.9 Å². The third-order valence-electron chi connectivity index (χ3n) is 5.86. The number of aromatic nitrogens is 1. The summed E-state index contributed by atoms with van der Waals surface area (Å²) in [6.45, 7) is 0.226. The number of aromatic amines is 1. The Labute approximate surface area is 186 Å². The van der Waals surface area contributed by atoms with Gasteiger partial charge in [0.05, 0.1) is 24.4 Å². The van der Waals surface area contributed by atoms with E-state index in [1.54, 1.807) is 24.1 Å². The lowest BCUT2D eigenvalue weighted by Gasteiger charge is -2.34. The van der Waals surface area contributed by atoms with Gasteiger partial charge in [-0.2, -0.15) is 0 Å². The molecule has 7 heteroatoms. The first-order valence-electron chi connectivity index (χ1n) is 10.6. The van der Waals surface area contributed by atoms with Crippen LogP contribution >= 0.6 is 11.6 Å². The maximum absolute atomic E-state index is 13.3. The van der Waals surface area contributed by atoms with Gasteiger partial charge >= 0.3 is 6.03 Å². The van der Waals surface area contributed by atoms with Crippen LogP contribution in [0.2, 0.25) is 5.02 Å². The Morgan fingerprint density at radius 1 is 1.16 bits per heavy atom. The van der Waals surface area contributed by atoms with Gasteiger partial charge in [0, 0.05) is 22.5 Å². The van der Waals surface area contributed by atoms with E-state index < -0.39 is 0 Å². The van der Waals surface area contributed by atoms with Crippen LogP contribution in [0, 0.1) is 0 Å². The van der Waals surface area contributed by atoms with Crippen LogP contribution in [0.3, 0.4) is 0 Å². The number of nitrogens with one attached hydrogen (secondary N) is 2. The van der Waals surface area contributed by atoms with Crippen molar-refractivity contribution >= 4 is 34.2 Å². The summed E-state index contributed by atoms with van der Waals surface area (Å²) < 4.78 is 5.31. The molecule has 0 atom stereocenters. The molecule has 2 aromatic carbocycles. The Kier molecular flexibility index (Phi) is 6.47. The van der Waals surface area contributed by atoms with Crippen LogP contribution in [0.5, 0.6) is 5.75 Å². The van der Waals surface area contributed by atoms with E-state index in [0.717, 1.165) is 36.6 Å². The van der Waals surface area contributed by atoms with E-state index >= 15 is 0 Å². The van der Waals surface area contributed by atoms with Gasteiger partial charge in [0.2, 0.25) is 0 Å². The molecule has 0 unspecified atom stereocenters. The normalized spacial score (nSPS) is 14.4. The summed E-state index contributed by atoms with van der Waals surface area (Å²) in [4.78, 5) is 30.7. The quantitative estimate of drug-likeness (QED) is 0.546. The van der Waals surface area contributed by atoms with Crippen LogP contribution in [-0.4, -0.2) is 29.1 Å². The number of nitrogens with zero attached hydrogens (tertiary/aromatic N) is 1. The lowest BCUT2D eigenvalue weighted by atomic mass is 9.94. The third kappa shape index (κ3) is 4.85. The van der Waals surface area contributed by atoms with Gasteiger partial charge in [-0.25, -0.2) is 4.79 Å². The highest BCUT2D eigenvalue weighted by atomic mass is 35.5. The van der Waals surface area contributed by atoms with Gasteiger partial charge < -0.3 is 19.9 Å². The molecule has 1 aliphatic rings. The molecule has 0 radical (unpaired) electrons. The van der Waals surface area contributed by atoms with E-state index in [9.17, 15) is 9.59 Å². The summed E-state index contributed by atoms with van der Waals surface area (Å²) in [5.41, 5.74) is 1.65. The Morgan fingerprint density at radius 3 is 2.68 bits per heavy atom. The molecular weight excluding hydrogens is 414 g/mol. The molecule has 1 saturated carbocycles. The maximum atomic E-state index is 13.3. The van der Waals surface area contributed by atoms with Crippen molar-refractivity contribution in [1.29, 1.82) is 0 Å². The average molecular weight is 440 g/mol. The fourth-order valence-corrected chi connectivity index (χ4v) is 4.35. The molecule has 31 heavy (non-hydrogen) atoms. The number of urea groups is 1. The minimum absolute atomic E-state index is 0.0802. The second kappa shape index (κ2) is 9.43. The number of anilines is 1. The highest BCUT2D eigenvalue weighted by Crippen LogP contribution is 2.27. The minimum Gasteiger partial charge on any atom is -0.497 e. The average Bonchev–Trinajstić information content (AvgIpc) is 2.79. The van der Waals surface area contributed by atoms with Crippen molar-refractivity contribution in [2.75, 3.05) is 12.4 Å². The second-order valence-corrected chi connectivity index (χ2v) is 8.31. The molecule has 162 valence electrons. The number of H-pyrrole nitrogens is 1. The molecule has 4 rings (SSSR count). The van der Waals surface area contributed by atoms with Crippen molar-refractivity contribution in [3.63, 3.8) is 0 Å². The van der Waals surface area contributed by atoms with Crippen LogP contribution in [-0.2, 0) is 6.54 Å². The fourth-order valence-electron chi connectivity index (χ4n) is 4.17. The fraction of sp³-hybridized carbons (Fsp3) is 0.333. The molecule has 6 nitrogen and oxygen atoms in total. The molecule has 2 amide bonds. The number of amides is 2. The number of para-hydroxylation sites is 1. The molecule has 1 heterocycles. The van der Waals surface area contributed by atoms with Crippen LogP contribution in [0.4, 0.5) is 10.5 Å². The Balaban J connectivity index is 1.65. The highest BCUT2D eigenvalue weighted by Gasteiger charge is 2.27. The zero-order chi connectivity index (χ0) is 21.8. The van der Waals surface area contributed by atoms with E-state index in [0.29, 0.717) is 22.0 Å². The van der Waals surface area contributed by atoms with Gasteiger partial charge in [0.15, 0.2) is 0 Å². The van der Waals surface area contributed by atoms with E-state index in [4.69, 9.17) is 16.3 Å². The third-order valence-corrected chi connectivity index (χ3v) is 6.19. The predicted molar refractivity (Wildman–Crippen MR) is 124 cm³/mol. The van der Waals surface area contributed by atoms with Crippen molar-refractivity contribution in [3.8, 4) is 5.75 Å². The largest absolute Gasteiger partial charge is 0.497 e. The zero-order valence-electron chi connectivity index (χ0n) is 17.5. The smallest absolute Gasteiger partial charge is 0.322 e. The molecule has 1 aromatic heterocycles. The van der Waals surface area contributed by atoms with Crippen molar-refractivity contribution in [2.24, 2.45) is 0 Å². The number of hydrogen-bond donors (Lipinski definition) is 2. The number of carbonyl (C=O) groups excluding carboxylic acids is 1. The minimum atomic E-state index is -0.245. The van der Waals surface area contributed by atoms with Crippen LogP contribution in [0.15, 0.2) is 53.3 Å². The molecule has 0 aliphatic heterocycles. The molecule has 0 spiro atoms. The van der Waals surface area contributed by atoms with Gasteiger partial charge in [-0.3, -0.25) is 4.79 Å². The van der Waals surface area contributed by atoms with Crippen molar-refractivity contribution in [3.05, 3.63) is 69.5 Å². The highest BCUT2D eigenvalue weighted by molar-refractivity contribution is 6.33. The van der Waals surface area contributed by atoms with Gasteiger partial charge in [0.25, 0.3) is 5.56 Å². The lowest BCUT2D eigenvalue weighted by Crippen LogP contribution is -2.44. The van der Waals surface area contributed by atoms with Crippen molar-refractivity contribution < 1.29 is 9.53 Å². The Bertz CT molecular complexity index is 1140. The molecule has 1 fully saturated rings. The Hall–Kier alpha value is -2.99. The first-order valence-corrected chi connectivity index (χ1v) is 10.9. The summed E-state index contributed by atoms with van der Waals surface area (Å²) >= 11 is 6.24. The number of halogens is 1. The number of fused-ring (bicyclic) bond motifs is 1. The van der Waals surface area contributed by atoms with E-state index in [2.05, 4.69) is 10.3 Å². The van der Waals surface area contributed by atoms with Crippen molar-refractivity contribution in [2.45, 2.75) is 44.7 Å².